The van der Waals surface area contributed by atoms with Crippen molar-refractivity contribution >= 4 is 16.8 Å². The van der Waals surface area contributed by atoms with Gasteiger partial charge in [0.05, 0.1) is 6.61 Å². The summed E-state index contributed by atoms with van der Waals surface area (Å²) in [7, 11) is 0. The Hall–Kier alpha value is -2.82. The third-order valence-corrected chi connectivity index (χ3v) is 4.33. The number of hydrogen-bond acceptors (Lipinski definition) is 2. The van der Waals surface area contributed by atoms with E-state index < -0.39 is 0 Å². The van der Waals surface area contributed by atoms with Gasteiger partial charge in [-0.05, 0) is 42.3 Å². The number of para-hydroxylation sites is 1. The van der Waals surface area contributed by atoms with Crippen LogP contribution in [0.1, 0.15) is 16.1 Å². The zero-order chi connectivity index (χ0) is 16.5. The van der Waals surface area contributed by atoms with Crippen LogP contribution in [0.15, 0.2) is 48.5 Å². The third-order valence-electron chi connectivity index (χ3n) is 4.33. The van der Waals surface area contributed by atoms with E-state index in [4.69, 9.17) is 4.74 Å². The number of rotatable bonds is 3. The summed E-state index contributed by atoms with van der Waals surface area (Å²) in [5, 5.41) is 3.62. The Bertz CT molecular complexity index is 903. The lowest BCUT2D eigenvalue weighted by atomic mass is 9.97. The van der Waals surface area contributed by atoms with Gasteiger partial charge >= 0.3 is 0 Å². The standard InChI is InChI=1S/C19H17FN2O2/c20-15-5-6-16-14(8-15)9-17(22-16)19(23)21-10-12-7-13-3-1-2-4-18(13)24-11-12/h1-6,8-9,12,22H,7,10-11H2,(H,21,23). The molecule has 1 amide bonds. The second-order valence-electron chi connectivity index (χ2n) is 6.11. The fourth-order valence-corrected chi connectivity index (χ4v) is 3.08. The molecule has 1 atom stereocenters. The highest BCUT2D eigenvalue weighted by Gasteiger charge is 2.20. The van der Waals surface area contributed by atoms with Crippen LogP contribution in [0, 0.1) is 11.7 Å². The van der Waals surface area contributed by atoms with Crippen molar-refractivity contribution in [2.45, 2.75) is 6.42 Å². The molecule has 5 heteroatoms. The van der Waals surface area contributed by atoms with Crippen molar-refractivity contribution in [3.8, 4) is 5.75 Å². The molecule has 0 saturated carbocycles. The number of ether oxygens (including phenoxy) is 1. The molecule has 1 aromatic heterocycles. The minimum Gasteiger partial charge on any atom is -0.493 e. The van der Waals surface area contributed by atoms with Crippen LogP contribution in [0.4, 0.5) is 4.39 Å². The lowest BCUT2D eigenvalue weighted by Crippen LogP contribution is -2.34. The number of fused-ring (bicyclic) bond motifs is 2. The van der Waals surface area contributed by atoms with Crippen LogP contribution >= 0.6 is 0 Å². The largest absolute Gasteiger partial charge is 0.493 e. The van der Waals surface area contributed by atoms with Crippen molar-refractivity contribution in [1.82, 2.24) is 10.3 Å². The lowest BCUT2D eigenvalue weighted by Gasteiger charge is -2.25. The number of H-pyrrole nitrogens is 1. The molecule has 4 nitrogen and oxygen atoms in total. The highest BCUT2D eigenvalue weighted by molar-refractivity contribution is 5.98. The maximum Gasteiger partial charge on any atom is 0.267 e. The van der Waals surface area contributed by atoms with Crippen LogP contribution in [-0.2, 0) is 6.42 Å². The number of carbonyl (C=O) groups excluding carboxylic acids is 1. The molecule has 1 unspecified atom stereocenters. The molecule has 1 aliphatic rings. The van der Waals surface area contributed by atoms with Crippen molar-refractivity contribution in [1.29, 1.82) is 0 Å². The highest BCUT2D eigenvalue weighted by Crippen LogP contribution is 2.26. The molecule has 2 N–H and O–H groups in total. The number of benzene rings is 2. The summed E-state index contributed by atoms with van der Waals surface area (Å²) in [6, 6.07) is 14.1. The number of nitrogens with one attached hydrogen (secondary N) is 2. The van der Waals surface area contributed by atoms with Gasteiger partial charge in [-0.25, -0.2) is 4.39 Å². The van der Waals surface area contributed by atoms with Crippen LogP contribution in [0.3, 0.4) is 0 Å². The minimum atomic E-state index is -0.313. The number of hydrogen-bond donors (Lipinski definition) is 2. The molecule has 0 fully saturated rings. The Morgan fingerprint density at radius 3 is 3.04 bits per heavy atom. The molecular formula is C19H17FN2O2. The maximum atomic E-state index is 13.2. The summed E-state index contributed by atoms with van der Waals surface area (Å²) in [4.78, 5) is 15.3. The minimum absolute atomic E-state index is 0.189. The van der Waals surface area contributed by atoms with Crippen molar-refractivity contribution in [2.24, 2.45) is 5.92 Å². The number of aromatic nitrogens is 1. The van der Waals surface area contributed by atoms with E-state index in [0.29, 0.717) is 24.2 Å². The molecule has 0 saturated heterocycles. The Balaban J connectivity index is 1.41. The van der Waals surface area contributed by atoms with Crippen LogP contribution in [-0.4, -0.2) is 24.0 Å². The topological polar surface area (TPSA) is 54.1 Å². The molecule has 2 aromatic carbocycles. The second kappa shape index (κ2) is 6.00. The van der Waals surface area contributed by atoms with Gasteiger partial charge in [-0.1, -0.05) is 18.2 Å². The summed E-state index contributed by atoms with van der Waals surface area (Å²) < 4.78 is 19.0. The summed E-state index contributed by atoms with van der Waals surface area (Å²) in [5.74, 6) is 0.667. The molecule has 0 radical (unpaired) electrons. The van der Waals surface area contributed by atoms with E-state index in [9.17, 15) is 9.18 Å². The normalized spacial score (nSPS) is 16.5. The summed E-state index contributed by atoms with van der Waals surface area (Å²) in [6.45, 7) is 1.13. The first kappa shape index (κ1) is 14.8. The molecule has 1 aliphatic heterocycles. The molecule has 3 aromatic rings. The predicted molar refractivity (Wildman–Crippen MR) is 89.7 cm³/mol. The van der Waals surface area contributed by atoms with E-state index in [1.807, 2.05) is 18.2 Å². The zero-order valence-corrected chi connectivity index (χ0v) is 13.0. The first-order chi connectivity index (χ1) is 11.7. The van der Waals surface area contributed by atoms with E-state index in [2.05, 4.69) is 16.4 Å². The number of amides is 1. The molecule has 0 aliphatic carbocycles. The average Bonchev–Trinajstić information content (AvgIpc) is 3.02. The molecule has 0 spiro atoms. The van der Waals surface area contributed by atoms with E-state index >= 15 is 0 Å². The molecule has 2 heterocycles. The lowest BCUT2D eigenvalue weighted by molar-refractivity contribution is 0.0935. The van der Waals surface area contributed by atoms with Gasteiger partial charge in [-0.2, -0.15) is 0 Å². The summed E-state index contributed by atoms with van der Waals surface area (Å²) in [6.07, 6.45) is 0.883. The van der Waals surface area contributed by atoms with Crippen LogP contribution < -0.4 is 10.1 Å². The number of carbonyl (C=O) groups is 1. The Kier molecular flexibility index (Phi) is 3.69. The van der Waals surface area contributed by atoms with Crippen molar-refractivity contribution in [3.63, 3.8) is 0 Å². The Morgan fingerprint density at radius 1 is 1.25 bits per heavy atom. The van der Waals surface area contributed by atoms with Crippen LogP contribution in [0.2, 0.25) is 0 Å². The van der Waals surface area contributed by atoms with Crippen molar-refractivity contribution in [2.75, 3.05) is 13.2 Å². The third kappa shape index (κ3) is 2.85. The van der Waals surface area contributed by atoms with Gasteiger partial charge in [0.1, 0.15) is 17.3 Å². The van der Waals surface area contributed by atoms with Gasteiger partial charge in [0, 0.05) is 23.4 Å². The van der Waals surface area contributed by atoms with Gasteiger partial charge in [-0.3, -0.25) is 4.79 Å². The molecular weight excluding hydrogens is 307 g/mol. The first-order valence-electron chi connectivity index (χ1n) is 7.96. The predicted octanol–water partition coefficient (Wildman–Crippen LogP) is 3.29. The number of aromatic amines is 1. The second-order valence-corrected chi connectivity index (χ2v) is 6.11. The summed E-state index contributed by atoms with van der Waals surface area (Å²) in [5.41, 5.74) is 2.35. The Labute approximate surface area is 138 Å². The van der Waals surface area contributed by atoms with Gasteiger partial charge in [0.15, 0.2) is 0 Å². The Morgan fingerprint density at radius 2 is 2.12 bits per heavy atom. The van der Waals surface area contributed by atoms with E-state index in [1.165, 1.54) is 17.7 Å². The highest BCUT2D eigenvalue weighted by atomic mass is 19.1. The monoisotopic (exact) mass is 324 g/mol. The van der Waals surface area contributed by atoms with Gasteiger partial charge in [0.25, 0.3) is 5.91 Å². The number of halogens is 1. The fourth-order valence-electron chi connectivity index (χ4n) is 3.08. The first-order valence-corrected chi connectivity index (χ1v) is 7.96. The molecule has 4 rings (SSSR count). The zero-order valence-electron chi connectivity index (χ0n) is 13.0. The molecule has 0 bridgehead atoms. The molecule has 122 valence electrons. The van der Waals surface area contributed by atoms with Gasteiger partial charge < -0.3 is 15.0 Å². The van der Waals surface area contributed by atoms with E-state index in [0.717, 1.165) is 17.7 Å². The van der Waals surface area contributed by atoms with E-state index in [-0.39, 0.29) is 17.6 Å². The average molecular weight is 324 g/mol. The quantitative estimate of drug-likeness (QED) is 0.777. The maximum absolute atomic E-state index is 13.2. The SMILES string of the molecule is O=C(NCC1COc2ccccc2C1)c1cc2cc(F)ccc2[nH]1. The van der Waals surface area contributed by atoms with Gasteiger partial charge in [-0.15, -0.1) is 0 Å². The smallest absolute Gasteiger partial charge is 0.267 e. The fraction of sp³-hybridized carbons (Fsp3) is 0.211. The van der Waals surface area contributed by atoms with Crippen LogP contribution in [0.5, 0.6) is 5.75 Å². The van der Waals surface area contributed by atoms with Crippen molar-refractivity contribution in [3.05, 3.63) is 65.6 Å². The summed E-state index contributed by atoms with van der Waals surface area (Å²) >= 11 is 0. The molecule has 24 heavy (non-hydrogen) atoms. The van der Waals surface area contributed by atoms with Gasteiger partial charge in [0.2, 0.25) is 0 Å². The van der Waals surface area contributed by atoms with E-state index in [1.54, 1.807) is 12.1 Å². The van der Waals surface area contributed by atoms with Crippen LogP contribution in [0.25, 0.3) is 10.9 Å². The van der Waals surface area contributed by atoms with Crippen molar-refractivity contribution < 1.29 is 13.9 Å².